The molecule has 4 rings (SSSR count). The van der Waals surface area contributed by atoms with Crippen molar-refractivity contribution in [1.29, 1.82) is 0 Å². The largest absolute Gasteiger partial charge is 0.495 e. The lowest BCUT2D eigenvalue weighted by Gasteiger charge is -2.14. The molecule has 0 radical (unpaired) electrons. The normalized spacial score (nSPS) is 13.9. The molecule has 1 saturated heterocycles. The molecule has 2 N–H and O–H groups in total. The van der Waals surface area contributed by atoms with Gasteiger partial charge in [0.05, 0.1) is 18.3 Å². The molecule has 1 amide bonds. The molecule has 2 aromatic carbocycles. The summed E-state index contributed by atoms with van der Waals surface area (Å²) in [5.41, 5.74) is 3.28. The van der Waals surface area contributed by atoms with Gasteiger partial charge in [-0.1, -0.05) is 18.2 Å². The maximum absolute atomic E-state index is 12.6. The van der Waals surface area contributed by atoms with Gasteiger partial charge in [0.25, 0.3) is 5.91 Å². The molecule has 2 heterocycles. The summed E-state index contributed by atoms with van der Waals surface area (Å²) in [4.78, 5) is 24.1. The Morgan fingerprint density at radius 2 is 2.00 bits per heavy atom. The summed E-state index contributed by atoms with van der Waals surface area (Å²) in [6.07, 6.45) is 6.53. The molecule has 0 unspecified atom stereocenters. The van der Waals surface area contributed by atoms with E-state index in [1.165, 1.54) is 25.9 Å². The SMILES string of the molecule is COc1cc(C(=O)NCCCCN2CCCC2)ccc1Nc1ncc2cccc(C)c2n1. The van der Waals surface area contributed by atoms with E-state index in [2.05, 4.69) is 25.5 Å². The van der Waals surface area contributed by atoms with Gasteiger partial charge in [-0.2, -0.15) is 0 Å². The van der Waals surface area contributed by atoms with Gasteiger partial charge in [-0.05, 0) is 76.0 Å². The van der Waals surface area contributed by atoms with Gasteiger partial charge in [0.1, 0.15) is 5.75 Å². The number of aromatic nitrogens is 2. The molecule has 1 aliphatic rings. The molecule has 7 heteroatoms. The third kappa shape index (κ3) is 5.34. The standard InChI is InChI=1S/C25H31N5O2/c1-18-8-7-9-20-17-27-25(29-23(18)20)28-21-11-10-19(16-22(21)32-2)24(31)26-12-3-4-13-30-14-5-6-15-30/h7-11,16-17H,3-6,12-15H2,1-2H3,(H,26,31)(H,27,28,29). The molecule has 168 valence electrons. The van der Waals surface area contributed by atoms with Crippen LogP contribution in [0.15, 0.2) is 42.6 Å². The summed E-state index contributed by atoms with van der Waals surface area (Å²) in [6.45, 7) is 6.27. The Kier molecular flexibility index (Phi) is 7.17. The highest BCUT2D eigenvalue weighted by Gasteiger charge is 2.13. The predicted octanol–water partition coefficient (Wildman–Crippen LogP) is 4.30. The summed E-state index contributed by atoms with van der Waals surface area (Å²) in [5, 5.41) is 7.22. The number of hydrogen-bond acceptors (Lipinski definition) is 6. The third-order valence-electron chi connectivity index (χ3n) is 5.91. The van der Waals surface area contributed by atoms with Crippen LogP contribution in [0.25, 0.3) is 10.9 Å². The lowest BCUT2D eigenvalue weighted by atomic mass is 10.1. The number of methoxy groups -OCH3 is 1. The quantitative estimate of drug-likeness (QED) is 0.490. The number of rotatable bonds is 9. The van der Waals surface area contributed by atoms with E-state index in [9.17, 15) is 4.79 Å². The second-order valence-corrected chi connectivity index (χ2v) is 8.26. The van der Waals surface area contributed by atoms with Crippen LogP contribution >= 0.6 is 0 Å². The number of likely N-dealkylation sites (tertiary alicyclic amines) is 1. The van der Waals surface area contributed by atoms with Crippen molar-refractivity contribution in [3.05, 3.63) is 53.7 Å². The first-order valence-corrected chi connectivity index (χ1v) is 11.3. The van der Waals surface area contributed by atoms with E-state index in [-0.39, 0.29) is 5.91 Å². The van der Waals surface area contributed by atoms with E-state index in [0.29, 0.717) is 29.5 Å². The van der Waals surface area contributed by atoms with Crippen molar-refractivity contribution in [3.63, 3.8) is 0 Å². The van der Waals surface area contributed by atoms with Gasteiger partial charge in [0, 0.05) is 23.7 Å². The number of ether oxygens (including phenoxy) is 1. The number of fused-ring (bicyclic) bond motifs is 1. The molecule has 1 fully saturated rings. The molecular weight excluding hydrogens is 402 g/mol. The molecule has 1 aliphatic heterocycles. The molecule has 0 spiro atoms. The molecule has 3 aromatic rings. The second-order valence-electron chi connectivity index (χ2n) is 8.26. The Balaban J connectivity index is 1.35. The minimum Gasteiger partial charge on any atom is -0.495 e. The Hall–Kier alpha value is -3.19. The van der Waals surface area contributed by atoms with Crippen molar-refractivity contribution in [2.75, 3.05) is 38.6 Å². The minimum absolute atomic E-state index is 0.0893. The summed E-state index contributed by atoms with van der Waals surface area (Å²) >= 11 is 0. The zero-order valence-corrected chi connectivity index (χ0v) is 18.9. The number of amides is 1. The molecule has 7 nitrogen and oxygen atoms in total. The van der Waals surface area contributed by atoms with Crippen LogP contribution < -0.4 is 15.4 Å². The van der Waals surface area contributed by atoms with E-state index >= 15 is 0 Å². The molecular formula is C25H31N5O2. The Morgan fingerprint density at radius 1 is 1.16 bits per heavy atom. The van der Waals surface area contributed by atoms with Gasteiger partial charge in [-0.25, -0.2) is 9.97 Å². The van der Waals surface area contributed by atoms with Gasteiger partial charge >= 0.3 is 0 Å². The van der Waals surface area contributed by atoms with Crippen molar-refractivity contribution < 1.29 is 9.53 Å². The molecule has 0 atom stereocenters. The fourth-order valence-electron chi connectivity index (χ4n) is 4.09. The monoisotopic (exact) mass is 433 g/mol. The number of para-hydroxylation sites is 1. The first-order valence-electron chi connectivity index (χ1n) is 11.3. The van der Waals surface area contributed by atoms with Crippen LogP contribution in [0.4, 0.5) is 11.6 Å². The number of nitrogens with zero attached hydrogens (tertiary/aromatic N) is 3. The fraction of sp³-hybridized carbons (Fsp3) is 0.400. The smallest absolute Gasteiger partial charge is 0.251 e. The molecule has 0 bridgehead atoms. The van der Waals surface area contributed by atoms with E-state index in [4.69, 9.17) is 4.74 Å². The lowest BCUT2D eigenvalue weighted by molar-refractivity contribution is 0.0952. The molecule has 0 aliphatic carbocycles. The number of nitrogens with one attached hydrogen (secondary N) is 2. The maximum Gasteiger partial charge on any atom is 0.251 e. The number of carbonyl (C=O) groups excluding carboxylic acids is 1. The lowest BCUT2D eigenvalue weighted by Crippen LogP contribution is -2.26. The van der Waals surface area contributed by atoms with E-state index in [0.717, 1.165) is 35.9 Å². The second kappa shape index (κ2) is 10.4. The topological polar surface area (TPSA) is 79.4 Å². The highest BCUT2D eigenvalue weighted by atomic mass is 16.5. The first-order chi connectivity index (χ1) is 15.6. The van der Waals surface area contributed by atoms with Gasteiger partial charge in [0.2, 0.25) is 5.95 Å². The van der Waals surface area contributed by atoms with Crippen LogP contribution in [0.1, 0.15) is 41.6 Å². The molecule has 0 saturated carbocycles. The third-order valence-corrected chi connectivity index (χ3v) is 5.91. The zero-order valence-electron chi connectivity index (χ0n) is 18.9. The van der Waals surface area contributed by atoms with Gasteiger partial charge < -0.3 is 20.3 Å². The van der Waals surface area contributed by atoms with E-state index in [1.807, 2.05) is 31.2 Å². The zero-order chi connectivity index (χ0) is 22.3. The summed E-state index contributed by atoms with van der Waals surface area (Å²) in [7, 11) is 1.59. The Morgan fingerprint density at radius 3 is 2.81 bits per heavy atom. The van der Waals surface area contributed by atoms with E-state index < -0.39 is 0 Å². The number of unbranched alkanes of at least 4 members (excludes halogenated alkanes) is 1. The van der Waals surface area contributed by atoms with Gasteiger partial charge in [-0.15, -0.1) is 0 Å². The predicted molar refractivity (Wildman–Crippen MR) is 128 cm³/mol. The van der Waals surface area contributed by atoms with Crippen molar-refractivity contribution in [3.8, 4) is 5.75 Å². The highest BCUT2D eigenvalue weighted by Crippen LogP contribution is 2.28. The average molecular weight is 434 g/mol. The van der Waals surface area contributed by atoms with Crippen LogP contribution in [0.3, 0.4) is 0 Å². The average Bonchev–Trinajstić information content (AvgIpc) is 3.33. The fourth-order valence-corrected chi connectivity index (χ4v) is 4.09. The number of hydrogen-bond donors (Lipinski definition) is 2. The summed E-state index contributed by atoms with van der Waals surface area (Å²) in [6, 6.07) is 11.4. The minimum atomic E-state index is -0.0893. The van der Waals surface area contributed by atoms with Crippen LogP contribution in [0.2, 0.25) is 0 Å². The Labute approximate surface area is 189 Å². The molecule has 1 aromatic heterocycles. The Bertz CT molecular complexity index is 1080. The van der Waals surface area contributed by atoms with Gasteiger partial charge in [-0.3, -0.25) is 4.79 Å². The first kappa shape index (κ1) is 22.0. The van der Waals surface area contributed by atoms with Crippen LogP contribution in [0.5, 0.6) is 5.75 Å². The number of carbonyl (C=O) groups is 1. The van der Waals surface area contributed by atoms with Crippen LogP contribution in [0, 0.1) is 6.92 Å². The van der Waals surface area contributed by atoms with Crippen LogP contribution in [-0.4, -0.2) is 54.1 Å². The summed E-state index contributed by atoms with van der Waals surface area (Å²) in [5.74, 6) is 0.967. The van der Waals surface area contributed by atoms with Crippen molar-refractivity contribution in [2.24, 2.45) is 0 Å². The van der Waals surface area contributed by atoms with Gasteiger partial charge in [0.15, 0.2) is 0 Å². The highest BCUT2D eigenvalue weighted by molar-refractivity contribution is 5.95. The van der Waals surface area contributed by atoms with E-state index in [1.54, 1.807) is 25.4 Å². The maximum atomic E-state index is 12.6. The number of benzene rings is 2. The summed E-state index contributed by atoms with van der Waals surface area (Å²) < 4.78 is 5.52. The number of aryl methyl sites for hydroxylation is 1. The number of anilines is 2. The van der Waals surface area contributed by atoms with Crippen molar-refractivity contribution in [2.45, 2.75) is 32.6 Å². The van der Waals surface area contributed by atoms with Crippen molar-refractivity contribution >= 4 is 28.4 Å². The van der Waals surface area contributed by atoms with Crippen LogP contribution in [-0.2, 0) is 0 Å². The molecule has 32 heavy (non-hydrogen) atoms. The van der Waals surface area contributed by atoms with Crippen molar-refractivity contribution in [1.82, 2.24) is 20.2 Å².